The lowest BCUT2D eigenvalue weighted by Crippen LogP contribution is -2.28. The molecule has 0 heterocycles. The van der Waals surface area contributed by atoms with Crippen molar-refractivity contribution in [2.24, 2.45) is 0 Å². The molecule has 2 nitrogen and oxygen atoms in total. The monoisotopic (exact) mass is 256 g/mol. The number of hydrogen-bond donors (Lipinski definition) is 0. The smallest absolute Gasteiger partial charge is 0.0839 e. The molecular weight excluding hydrogens is 232 g/mol. The second-order valence-electron chi connectivity index (χ2n) is 5.40. The van der Waals surface area contributed by atoms with Crippen LogP contribution in [0, 0.1) is 11.3 Å². The number of aryl methyl sites for hydroxylation is 2. The van der Waals surface area contributed by atoms with E-state index in [1.807, 2.05) is 0 Å². The summed E-state index contributed by atoms with van der Waals surface area (Å²) < 4.78 is 0. The van der Waals surface area contributed by atoms with Crippen LogP contribution in [0.25, 0.3) is 0 Å². The molecule has 1 unspecified atom stereocenters. The van der Waals surface area contributed by atoms with E-state index in [0.717, 1.165) is 19.6 Å². The third kappa shape index (κ3) is 3.36. The molecule has 0 amide bonds. The zero-order chi connectivity index (χ0) is 13.7. The summed E-state index contributed by atoms with van der Waals surface area (Å²) in [6, 6.07) is 9.18. The topological polar surface area (TPSA) is 27.0 Å². The molecule has 1 aromatic rings. The Morgan fingerprint density at radius 2 is 1.84 bits per heavy atom. The molecule has 0 saturated heterocycles. The molecule has 0 aliphatic heterocycles. The number of hydrogen-bond acceptors (Lipinski definition) is 2. The predicted molar refractivity (Wildman–Crippen MR) is 79.2 cm³/mol. The molecule has 1 atom stereocenters. The molecule has 1 aliphatic carbocycles. The van der Waals surface area contributed by atoms with Crippen LogP contribution in [0.4, 0.5) is 0 Å². The third-order valence-corrected chi connectivity index (χ3v) is 4.27. The fourth-order valence-electron chi connectivity index (χ4n) is 2.93. The Morgan fingerprint density at radius 3 is 2.47 bits per heavy atom. The number of fused-ring (bicyclic) bond motifs is 1. The first kappa shape index (κ1) is 14.1. The summed E-state index contributed by atoms with van der Waals surface area (Å²) in [6.45, 7) is 7.19. The zero-order valence-electron chi connectivity index (χ0n) is 12.2. The van der Waals surface area contributed by atoms with Crippen LogP contribution in [-0.4, -0.2) is 24.5 Å². The standard InChI is InChI=1S/C17H24N2/c1-3-19(4-2)13-17(12-18)16-10-9-14-7-5-6-8-15(14)11-16/h9-11,17H,3-8,13H2,1-2H3. The summed E-state index contributed by atoms with van der Waals surface area (Å²) in [6.07, 6.45) is 5.01. The van der Waals surface area contributed by atoms with Gasteiger partial charge in [-0.3, -0.25) is 0 Å². The summed E-state index contributed by atoms with van der Waals surface area (Å²) >= 11 is 0. The Hall–Kier alpha value is -1.33. The molecule has 1 aliphatic rings. The maximum Gasteiger partial charge on any atom is 0.0839 e. The molecule has 102 valence electrons. The molecule has 0 fully saturated rings. The van der Waals surface area contributed by atoms with Crippen LogP contribution in [0.15, 0.2) is 18.2 Å². The molecular formula is C17H24N2. The fraction of sp³-hybridized carbons (Fsp3) is 0.588. The van der Waals surface area contributed by atoms with Crippen molar-refractivity contribution in [3.05, 3.63) is 34.9 Å². The van der Waals surface area contributed by atoms with E-state index in [-0.39, 0.29) is 5.92 Å². The average Bonchev–Trinajstić information content (AvgIpc) is 2.48. The highest BCUT2D eigenvalue weighted by atomic mass is 15.1. The number of likely N-dealkylation sites (N-methyl/N-ethyl adjacent to an activating group) is 1. The van der Waals surface area contributed by atoms with Gasteiger partial charge in [0.05, 0.1) is 12.0 Å². The Labute approximate surface area is 117 Å². The highest BCUT2D eigenvalue weighted by Gasteiger charge is 2.16. The first-order valence-corrected chi connectivity index (χ1v) is 7.52. The molecule has 0 aromatic heterocycles. The molecule has 1 aromatic carbocycles. The Bertz CT molecular complexity index is 455. The van der Waals surface area contributed by atoms with Gasteiger partial charge >= 0.3 is 0 Å². The minimum absolute atomic E-state index is 0.00660. The van der Waals surface area contributed by atoms with Crippen LogP contribution in [0.5, 0.6) is 0 Å². The van der Waals surface area contributed by atoms with Gasteiger partial charge in [0.2, 0.25) is 0 Å². The molecule has 0 N–H and O–H groups in total. The summed E-state index contributed by atoms with van der Waals surface area (Å²) in [5.74, 6) is 0.00660. The first-order valence-electron chi connectivity index (χ1n) is 7.52. The lowest BCUT2D eigenvalue weighted by Gasteiger charge is -2.23. The van der Waals surface area contributed by atoms with Crippen molar-refractivity contribution >= 4 is 0 Å². The minimum Gasteiger partial charge on any atom is -0.302 e. The lowest BCUT2D eigenvalue weighted by atomic mass is 9.88. The van der Waals surface area contributed by atoms with Crippen molar-refractivity contribution in [2.45, 2.75) is 45.4 Å². The molecule has 2 rings (SSSR count). The van der Waals surface area contributed by atoms with Gasteiger partial charge in [0.25, 0.3) is 0 Å². The van der Waals surface area contributed by atoms with Crippen LogP contribution in [-0.2, 0) is 12.8 Å². The van der Waals surface area contributed by atoms with E-state index in [2.05, 4.69) is 43.0 Å². The highest BCUT2D eigenvalue weighted by molar-refractivity contribution is 5.37. The summed E-state index contributed by atoms with van der Waals surface area (Å²) in [5, 5.41) is 9.45. The maximum atomic E-state index is 9.45. The van der Waals surface area contributed by atoms with Crippen LogP contribution in [0.2, 0.25) is 0 Å². The van der Waals surface area contributed by atoms with Crippen molar-refractivity contribution < 1.29 is 0 Å². The second kappa shape index (κ2) is 6.73. The van der Waals surface area contributed by atoms with E-state index < -0.39 is 0 Å². The van der Waals surface area contributed by atoms with E-state index in [1.54, 1.807) is 0 Å². The van der Waals surface area contributed by atoms with Gasteiger partial charge in [-0.15, -0.1) is 0 Å². The van der Waals surface area contributed by atoms with E-state index in [9.17, 15) is 5.26 Å². The molecule has 0 spiro atoms. The number of rotatable bonds is 5. The van der Waals surface area contributed by atoms with Gasteiger partial charge in [-0.1, -0.05) is 32.0 Å². The molecule has 0 bridgehead atoms. The lowest BCUT2D eigenvalue weighted by molar-refractivity contribution is 0.298. The highest BCUT2D eigenvalue weighted by Crippen LogP contribution is 2.26. The van der Waals surface area contributed by atoms with E-state index in [0.29, 0.717) is 0 Å². The van der Waals surface area contributed by atoms with Crippen molar-refractivity contribution in [2.75, 3.05) is 19.6 Å². The normalized spacial score (nSPS) is 15.9. The summed E-state index contributed by atoms with van der Waals surface area (Å²) in [5.41, 5.74) is 4.17. The van der Waals surface area contributed by atoms with Gasteiger partial charge in [0, 0.05) is 6.54 Å². The van der Waals surface area contributed by atoms with Crippen molar-refractivity contribution in [1.82, 2.24) is 4.90 Å². The van der Waals surface area contributed by atoms with Crippen molar-refractivity contribution in [3.63, 3.8) is 0 Å². The van der Waals surface area contributed by atoms with E-state index in [4.69, 9.17) is 0 Å². The van der Waals surface area contributed by atoms with E-state index >= 15 is 0 Å². The minimum atomic E-state index is 0.00660. The maximum absolute atomic E-state index is 9.45. The predicted octanol–water partition coefficient (Wildman–Crippen LogP) is 3.51. The molecule has 2 heteroatoms. The number of benzene rings is 1. The Kier molecular flexibility index (Phi) is 4.99. The van der Waals surface area contributed by atoms with Crippen LogP contribution in [0.1, 0.15) is 49.3 Å². The van der Waals surface area contributed by atoms with Crippen LogP contribution < -0.4 is 0 Å². The fourth-order valence-corrected chi connectivity index (χ4v) is 2.93. The SMILES string of the molecule is CCN(CC)CC(C#N)c1ccc2c(c1)CCCC2. The van der Waals surface area contributed by atoms with E-state index in [1.165, 1.54) is 42.4 Å². The second-order valence-corrected chi connectivity index (χ2v) is 5.40. The first-order chi connectivity index (χ1) is 9.28. The molecule has 0 saturated carbocycles. The van der Waals surface area contributed by atoms with Crippen LogP contribution >= 0.6 is 0 Å². The van der Waals surface area contributed by atoms with Crippen LogP contribution in [0.3, 0.4) is 0 Å². The largest absolute Gasteiger partial charge is 0.302 e. The van der Waals surface area contributed by atoms with Gasteiger partial charge in [-0.25, -0.2) is 0 Å². The van der Waals surface area contributed by atoms with Gasteiger partial charge in [-0.05, 0) is 55.5 Å². The molecule has 0 radical (unpaired) electrons. The summed E-state index contributed by atoms with van der Waals surface area (Å²) in [4.78, 5) is 2.33. The Balaban J connectivity index is 2.17. The third-order valence-electron chi connectivity index (χ3n) is 4.27. The van der Waals surface area contributed by atoms with Gasteiger partial charge in [0.15, 0.2) is 0 Å². The van der Waals surface area contributed by atoms with Crippen molar-refractivity contribution in [3.8, 4) is 6.07 Å². The number of nitrogens with zero attached hydrogens (tertiary/aromatic N) is 2. The van der Waals surface area contributed by atoms with Gasteiger partial charge < -0.3 is 4.90 Å². The quantitative estimate of drug-likeness (QED) is 0.806. The van der Waals surface area contributed by atoms with Gasteiger partial charge in [0.1, 0.15) is 0 Å². The summed E-state index contributed by atoms with van der Waals surface area (Å²) in [7, 11) is 0. The zero-order valence-corrected chi connectivity index (χ0v) is 12.2. The average molecular weight is 256 g/mol. The Morgan fingerprint density at radius 1 is 1.16 bits per heavy atom. The number of nitriles is 1. The van der Waals surface area contributed by atoms with Gasteiger partial charge in [-0.2, -0.15) is 5.26 Å². The van der Waals surface area contributed by atoms with Crippen molar-refractivity contribution in [1.29, 1.82) is 5.26 Å². The molecule has 19 heavy (non-hydrogen) atoms.